The highest BCUT2D eigenvalue weighted by Gasteiger charge is 2.16. The van der Waals surface area contributed by atoms with Gasteiger partial charge in [-0.15, -0.1) is 0 Å². The van der Waals surface area contributed by atoms with Crippen LogP contribution in [-0.2, 0) is 4.79 Å². The maximum absolute atomic E-state index is 10.3. The summed E-state index contributed by atoms with van der Waals surface area (Å²) in [6.07, 6.45) is 6.44. The molecule has 0 heterocycles. The van der Waals surface area contributed by atoms with Crippen molar-refractivity contribution in [2.45, 2.75) is 19.3 Å². The molecule has 1 aliphatic carbocycles. The van der Waals surface area contributed by atoms with E-state index in [1.807, 2.05) is 12.2 Å². The van der Waals surface area contributed by atoms with Gasteiger partial charge in [-0.25, -0.2) is 0 Å². The molecule has 0 saturated heterocycles. The van der Waals surface area contributed by atoms with Crippen molar-refractivity contribution in [3.05, 3.63) is 12.2 Å². The molecule has 0 spiro atoms. The Bertz CT molecular complexity index is 138. The fraction of sp³-hybridized carbons (Fsp3) is 0.571. The van der Waals surface area contributed by atoms with Gasteiger partial charge in [-0.3, -0.25) is 4.79 Å². The normalized spacial score (nSPS) is 26.0. The number of rotatable bonds is 1. The van der Waals surface area contributed by atoms with Crippen molar-refractivity contribution in [1.82, 2.24) is 0 Å². The molecular weight excluding hydrogens is 116 g/mol. The van der Waals surface area contributed by atoms with Crippen LogP contribution in [0, 0.1) is 5.92 Å². The minimum atomic E-state index is -0.653. The molecule has 0 unspecified atom stereocenters. The van der Waals surface area contributed by atoms with Crippen LogP contribution in [0.4, 0.5) is 0 Å². The van der Waals surface area contributed by atoms with Crippen molar-refractivity contribution >= 4 is 5.97 Å². The lowest BCUT2D eigenvalue weighted by Gasteiger charge is -2.11. The molecule has 0 aromatic carbocycles. The first-order chi connectivity index (χ1) is 4.30. The lowest BCUT2D eigenvalue weighted by atomic mass is 9.95. The van der Waals surface area contributed by atoms with Gasteiger partial charge in [0.05, 0.1) is 5.92 Å². The van der Waals surface area contributed by atoms with Crippen LogP contribution in [0.5, 0.6) is 0 Å². The second-order valence-electron chi connectivity index (χ2n) is 2.32. The average molecular weight is 126 g/mol. The van der Waals surface area contributed by atoms with E-state index in [9.17, 15) is 4.79 Å². The first kappa shape index (κ1) is 6.33. The molecule has 1 N–H and O–H groups in total. The molecule has 0 radical (unpaired) electrons. The van der Waals surface area contributed by atoms with Crippen molar-refractivity contribution in [3.8, 4) is 0 Å². The lowest BCUT2D eigenvalue weighted by Crippen LogP contribution is -2.13. The van der Waals surface area contributed by atoms with Gasteiger partial charge in [-0.05, 0) is 19.3 Å². The Balaban J connectivity index is 2.44. The number of carboxylic acid groups (broad SMARTS) is 1. The molecule has 2 heteroatoms. The van der Waals surface area contributed by atoms with Gasteiger partial charge in [0.1, 0.15) is 0 Å². The number of hydrogen-bond donors (Lipinski definition) is 1. The zero-order valence-electron chi connectivity index (χ0n) is 5.21. The smallest absolute Gasteiger partial charge is 0.306 e. The molecule has 0 amide bonds. The first-order valence-electron chi connectivity index (χ1n) is 3.18. The molecule has 9 heavy (non-hydrogen) atoms. The predicted molar refractivity (Wildman–Crippen MR) is 34.1 cm³/mol. The lowest BCUT2D eigenvalue weighted by molar-refractivity contribution is -0.141. The van der Waals surface area contributed by atoms with Crippen LogP contribution in [-0.4, -0.2) is 11.1 Å². The molecule has 1 atom stereocenters. The highest BCUT2D eigenvalue weighted by molar-refractivity contribution is 5.70. The monoisotopic (exact) mass is 126 g/mol. The maximum atomic E-state index is 10.3. The molecule has 50 valence electrons. The van der Waals surface area contributed by atoms with E-state index in [0.29, 0.717) is 0 Å². The first-order valence-corrected chi connectivity index (χ1v) is 3.18. The third kappa shape index (κ3) is 1.56. The number of hydrogen-bond acceptors (Lipinski definition) is 1. The van der Waals surface area contributed by atoms with E-state index in [1.54, 1.807) is 0 Å². The summed E-state index contributed by atoms with van der Waals surface area (Å²) in [5.74, 6) is -0.769. The maximum Gasteiger partial charge on any atom is 0.306 e. The third-order valence-electron chi connectivity index (χ3n) is 1.62. The Morgan fingerprint density at radius 2 is 2.33 bits per heavy atom. The van der Waals surface area contributed by atoms with E-state index in [2.05, 4.69) is 0 Å². The predicted octanol–water partition coefficient (Wildman–Crippen LogP) is 1.43. The Labute approximate surface area is 54.2 Å². The average Bonchev–Trinajstić information content (AvgIpc) is 1.90. The molecule has 0 fully saturated rings. The topological polar surface area (TPSA) is 37.3 Å². The van der Waals surface area contributed by atoms with E-state index in [4.69, 9.17) is 5.11 Å². The highest BCUT2D eigenvalue weighted by Crippen LogP contribution is 2.17. The fourth-order valence-corrected chi connectivity index (χ4v) is 1.02. The summed E-state index contributed by atoms with van der Waals surface area (Å²) in [6, 6.07) is 0. The molecule has 0 saturated carbocycles. The van der Waals surface area contributed by atoms with Gasteiger partial charge in [0.15, 0.2) is 0 Å². The van der Waals surface area contributed by atoms with Gasteiger partial charge in [0.2, 0.25) is 0 Å². The van der Waals surface area contributed by atoms with Crippen LogP contribution in [0.1, 0.15) is 19.3 Å². The van der Waals surface area contributed by atoms with Crippen molar-refractivity contribution < 1.29 is 9.90 Å². The summed E-state index contributed by atoms with van der Waals surface area (Å²) in [5.41, 5.74) is 0. The van der Waals surface area contributed by atoms with Gasteiger partial charge in [-0.1, -0.05) is 12.2 Å². The van der Waals surface area contributed by atoms with E-state index < -0.39 is 5.97 Å². The third-order valence-corrected chi connectivity index (χ3v) is 1.62. The molecule has 2 nitrogen and oxygen atoms in total. The van der Waals surface area contributed by atoms with E-state index in [1.165, 1.54) is 0 Å². The van der Waals surface area contributed by atoms with Crippen molar-refractivity contribution in [1.29, 1.82) is 0 Å². The minimum absolute atomic E-state index is 0.116. The van der Waals surface area contributed by atoms with Crippen LogP contribution in [0.25, 0.3) is 0 Å². The van der Waals surface area contributed by atoms with E-state index >= 15 is 0 Å². The summed E-state index contributed by atoms with van der Waals surface area (Å²) in [7, 11) is 0. The van der Waals surface area contributed by atoms with E-state index in [0.717, 1.165) is 19.3 Å². The van der Waals surface area contributed by atoms with Crippen LogP contribution < -0.4 is 0 Å². The molecule has 0 aromatic rings. The van der Waals surface area contributed by atoms with Gasteiger partial charge >= 0.3 is 5.97 Å². The number of aliphatic carboxylic acids is 1. The molecule has 0 aliphatic heterocycles. The standard InChI is InChI=1S/C7H10O2/c8-7(9)6-4-2-1-3-5-6/h1-2,6H,3-5H2,(H,8,9)/t6-/m1/s1. The molecule has 1 aliphatic rings. The van der Waals surface area contributed by atoms with Gasteiger partial charge in [-0.2, -0.15) is 0 Å². The second-order valence-corrected chi connectivity index (χ2v) is 2.32. The Kier molecular flexibility index (Phi) is 1.88. The van der Waals surface area contributed by atoms with Crippen LogP contribution in [0.3, 0.4) is 0 Å². The van der Waals surface area contributed by atoms with Crippen molar-refractivity contribution in [2.75, 3.05) is 0 Å². The molecule has 0 bridgehead atoms. The number of allylic oxidation sites excluding steroid dienone is 2. The fourth-order valence-electron chi connectivity index (χ4n) is 1.02. The molecule has 1 rings (SSSR count). The summed E-state index contributed by atoms with van der Waals surface area (Å²) < 4.78 is 0. The van der Waals surface area contributed by atoms with Crippen LogP contribution in [0.2, 0.25) is 0 Å². The Hall–Kier alpha value is -0.790. The summed E-state index contributed by atoms with van der Waals surface area (Å²) in [5, 5.41) is 8.50. The second kappa shape index (κ2) is 2.67. The van der Waals surface area contributed by atoms with Gasteiger partial charge in [0, 0.05) is 0 Å². The van der Waals surface area contributed by atoms with Crippen molar-refractivity contribution in [2.24, 2.45) is 5.92 Å². The largest absolute Gasteiger partial charge is 0.481 e. The quantitative estimate of drug-likeness (QED) is 0.539. The zero-order chi connectivity index (χ0) is 6.69. The van der Waals surface area contributed by atoms with Crippen LogP contribution in [0.15, 0.2) is 12.2 Å². The SMILES string of the molecule is O=C(O)[C@@H]1CC=CCC1. The van der Waals surface area contributed by atoms with Gasteiger partial charge in [0.25, 0.3) is 0 Å². The zero-order valence-corrected chi connectivity index (χ0v) is 5.21. The van der Waals surface area contributed by atoms with Crippen molar-refractivity contribution in [3.63, 3.8) is 0 Å². The molecular formula is C7H10O2. The summed E-state index contributed by atoms with van der Waals surface area (Å²) in [4.78, 5) is 10.3. The van der Waals surface area contributed by atoms with E-state index in [-0.39, 0.29) is 5.92 Å². The Morgan fingerprint density at radius 1 is 1.56 bits per heavy atom. The minimum Gasteiger partial charge on any atom is -0.481 e. The number of carboxylic acids is 1. The Morgan fingerprint density at radius 3 is 2.67 bits per heavy atom. The number of carbonyl (C=O) groups is 1. The summed E-state index contributed by atoms with van der Waals surface area (Å²) >= 11 is 0. The van der Waals surface area contributed by atoms with Crippen LogP contribution >= 0.6 is 0 Å². The summed E-state index contributed by atoms with van der Waals surface area (Å²) in [6.45, 7) is 0. The molecule has 0 aromatic heterocycles. The van der Waals surface area contributed by atoms with Gasteiger partial charge < -0.3 is 5.11 Å². The highest BCUT2D eigenvalue weighted by atomic mass is 16.4.